The topological polar surface area (TPSA) is 52.1 Å². The molecule has 0 amide bonds. The zero-order chi connectivity index (χ0) is 20.6. The van der Waals surface area contributed by atoms with Gasteiger partial charge in [0.25, 0.3) is 0 Å². The molecule has 3 atom stereocenters. The molecule has 30 heavy (non-hydrogen) atoms. The lowest BCUT2D eigenvalue weighted by Crippen LogP contribution is -2.53. The number of rotatable bonds is 7. The van der Waals surface area contributed by atoms with E-state index in [-0.39, 0.29) is 24.0 Å². The Morgan fingerprint density at radius 3 is 2.53 bits per heavy atom. The molecule has 3 unspecified atom stereocenters. The van der Waals surface area contributed by atoms with Gasteiger partial charge in [-0.1, -0.05) is 44.2 Å². The van der Waals surface area contributed by atoms with Crippen molar-refractivity contribution < 1.29 is 4.74 Å². The number of halogens is 1. The minimum absolute atomic E-state index is 0. The second kappa shape index (κ2) is 12.8. The van der Waals surface area contributed by atoms with Gasteiger partial charge in [0.2, 0.25) is 0 Å². The van der Waals surface area contributed by atoms with Crippen molar-refractivity contribution in [2.24, 2.45) is 10.9 Å². The van der Waals surface area contributed by atoms with Gasteiger partial charge >= 0.3 is 0 Å². The van der Waals surface area contributed by atoms with Crippen LogP contribution in [0, 0.1) is 5.92 Å². The molecule has 0 bridgehead atoms. The standard InChI is InChI=1S/C23H39N5O.HI/c1-18(2)22(27-10-12-29-13-11-27)15-25-23(24-4)26-21-14-19(3)28(17-21)16-20-8-6-5-7-9-20;/h5-9,18-19,21-22H,10-17H2,1-4H3,(H2,24,25,26);1H. The van der Waals surface area contributed by atoms with Crippen molar-refractivity contribution in [3.63, 3.8) is 0 Å². The van der Waals surface area contributed by atoms with E-state index in [2.05, 4.69) is 76.5 Å². The molecule has 0 saturated carbocycles. The second-order valence-corrected chi connectivity index (χ2v) is 8.75. The summed E-state index contributed by atoms with van der Waals surface area (Å²) in [6.45, 7) is 13.6. The van der Waals surface area contributed by atoms with Crippen molar-refractivity contribution >= 4 is 29.9 Å². The molecule has 0 spiro atoms. The van der Waals surface area contributed by atoms with E-state index in [1.165, 1.54) is 5.56 Å². The Balaban J connectivity index is 0.00000320. The molecule has 1 aromatic carbocycles. The van der Waals surface area contributed by atoms with Gasteiger partial charge in [0.15, 0.2) is 5.96 Å². The van der Waals surface area contributed by atoms with Gasteiger partial charge in [0, 0.05) is 57.9 Å². The van der Waals surface area contributed by atoms with Crippen LogP contribution >= 0.6 is 24.0 Å². The second-order valence-electron chi connectivity index (χ2n) is 8.75. The minimum atomic E-state index is 0. The van der Waals surface area contributed by atoms with Gasteiger partial charge in [0.1, 0.15) is 0 Å². The summed E-state index contributed by atoms with van der Waals surface area (Å²) in [5.41, 5.74) is 1.38. The van der Waals surface area contributed by atoms with Gasteiger partial charge < -0.3 is 15.4 Å². The average molecular weight is 530 g/mol. The Hall–Kier alpha value is -0.900. The number of nitrogens with one attached hydrogen (secondary N) is 2. The number of hydrogen-bond acceptors (Lipinski definition) is 4. The third kappa shape index (κ3) is 7.35. The summed E-state index contributed by atoms with van der Waals surface area (Å²) < 4.78 is 5.52. The summed E-state index contributed by atoms with van der Waals surface area (Å²) in [5.74, 6) is 1.51. The van der Waals surface area contributed by atoms with Crippen LogP contribution < -0.4 is 10.6 Å². The van der Waals surface area contributed by atoms with Gasteiger partial charge in [-0.25, -0.2) is 0 Å². The molecule has 2 fully saturated rings. The summed E-state index contributed by atoms with van der Waals surface area (Å²) in [6.07, 6.45) is 1.14. The highest BCUT2D eigenvalue weighted by Crippen LogP contribution is 2.20. The van der Waals surface area contributed by atoms with E-state index in [0.717, 1.165) is 58.3 Å². The van der Waals surface area contributed by atoms with E-state index in [0.29, 0.717) is 24.0 Å². The maximum absolute atomic E-state index is 5.52. The summed E-state index contributed by atoms with van der Waals surface area (Å²) in [4.78, 5) is 9.60. The van der Waals surface area contributed by atoms with Crippen molar-refractivity contribution in [1.82, 2.24) is 20.4 Å². The predicted octanol–water partition coefficient (Wildman–Crippen LogP) is 2.79. The molecule has 170 valence electrons. The van der Waals surface area contributed by atoms with Crippen LogP contribution in [0.3, 0.4) is 0 Å². The first-order valence-electron chi connectivity index (χ1n) is 11.1. The molecule has 7 heteroatoms. The Morgan fingerprint density at radius 2 is 1.90 bits per heavy atom. The molecule has 0 aliphatic carbocycles. The van der Waals surface area contributed by atoms with Crippen LogP contribution in [0.1, 0.15) is 32.8 Å². The van der Waals surface area contributed by atoms with Crippen LogP contribution in [-0.4, -0.2) is 80.3 Å². The van der Waals surface area contributed by atoms with Crippen LogP contribution in [0.15, 0.2) is 35.3 Å². The van der Waals surface area contributed by atoms with Crippen molar-refractivity contribution in [2.45, 2.75) is 51.9 Å². The van der Waals surface area contributed by atoms with E-state index in [9.17, 15) is 0 Å². The molecular formula is C23H40IN5O. The zero-order valence-corrected chi connectivity index (χ0v) is 21.3. The van der Waals surface area contributed by atoms with Crippen molar-refractivity contribution in [3.8, 4) is 0 Å². The third-order valence-electron chi connectivity index (χ3n) is 6.26. The Morgan fingerprint density at radius 1 is 1.20 bits per heavy atom. The van der Waals surface area contributed by atoms with Gasteiger partial charge in [0.05, 0.1) is 13.2 Å². The number of nitrogens with zero attached hydrogens (tertiary/aromatic N) is 3. The fraction of sp³-hybridized carbons (Fsp3) is 0.696. The molecule has 6 nitrogen and oxygen atoms in total. The molecule has 0 aromatic heterocycles. The van der Waals surface area contributed by atoms with Crippen LogP contribution in [0.4, 0.5) is 0 Å². The first-order valence-corrected chi connectivity index (χ1v) is 11.1. The summed E-state index contributed by atoms with van der Waals surface area (Å²) >= 11 is 0. The minimum Gasteiger partial charge on any atom is -0.379 e. The SMILES string of the molecule is CN=C(NCC(C(C)C)N1CCOCC1)NC1CC(C)N(Cc2ccccc2)C1.I. The molecule has 2 heterocycles. The van der Waals surface area contributed by atoms with Crippen molar-refractivity contribution in [1.29, 1.82) is 0 Å². The number of benzene rings is 1. The fourth-order valence-electron chi connectivity index (χ4n) is 4.53. The van der Waals surface area contributed by atoms with Crippen molar-refractivity contribution in [3.05, 3.63) is 35.9 Å². The van der Waals surface area contributed by atoms with E-state index in [1.54, 1.807) is 0 Å². The summed E-state index contributed by atoms with van der Waals surface area (Å²) in [7, 11) is 1.87. The molecule has 1 aromatic rings. The van der Waals surface area contributed by atoms with Gasteiger partial charge in [-0.05, 0) is 24.8 Å². The summed E-state index contributed by atoms with van der Waals surface area (Å²) in [6, 6.07) is 12.3. The highest BCUT2D eigenvalue weighted by atomic mass is 127. The fourth-order valence-corrected chi connectivity index (χ4v) is 4.53. The first-order chi connectivity index (χ1) is 14.1. The number of hydrogen-bond donors (Lipinski definition) is 2. The number of morpholine rings is 1. The average Bonchev–Trinajstić information content (AvgIpc) is 3.07. The quantitative estimate of drug-likeness (QED) is 0.323. The molecular weight excluding hydrogens is 489 g/mol. The molecule has 2 aliphatic heterocycles. The zero-order valence-electron chi connectivity index (χ0n) is 19.0. The first kappa shape index (κ1) is 25.4. The number of aliphatic imine (C=N–C) groups is 1. The number of ether oxygens (including phenoxy) is 1. The normalized spacial score (nSPS) is 24.5. The Kier molecular flexibility index (Phi) is 10.8. The van der Waals surface area contributed by atoms with Crippen LogP contribution in [-0.2, 0) is 11.3 Å². The van der Waals surface area contributed by atoms with Gasteiger partial charge in [-0.15, -0.1) is 24.0 Å². The maximum atomic E-state index is 5.52. The lowest BCUT2D eigenvalue weighted by Gasteiger charge is -2.37. The molecule has 2 N–H and O–H groups in total. The lowest BCUT2D eigenvalue weighted by molar-refractivity contribution is 0.00751. The number of guanidine groups is 1. The van der Waals surface area contributed by atoms with Crippen molar-refractivity contribution in [2.75, 3.05) is 46.4 Å². The smallest absolute Gasteiger partial charge is 0.191 e. The van der Waals surface area contributed by atoms with Crippen LogP contribution in [0.2, 0.25) is 0 Å². The Bertz CT molecular complexity index is 636. The van der Waals surface area contributed by atoms with Crippen LogP contribution in [0.5, 0.6) is 0 Å². The molecule has 3 rings (SSSR count). The van der Waals surface area contributed by atoms with Crippen LogP contribution in [0.25, 0.3) is 0 Å². The monoisotopic (exact) mass is 529 g/mol. The molecule has 0 radical (unpaired) electrons. The Labute approximate surface area is 199 Å². The van der Waals surface area contributed by atoms with E-state index in [1.807, 2.05) is 7.05 Å². The largest absolute Gasteiger partial charge is 0.379 e. The van der Waals surface area contributed by atoms with Gasteiger partial charge in [-0.2, -0.15) is 0 Å². The lowest BCUT2D eigenvalue weighted by atomic mass is 10.0. The van der Waals surface area contributed by atoms with Gasteiger partial charge in [-0.3, -0.25) is 14.8 Å². The number of likely N-dealkylation sites (tertiary alicyclic amines) is 1. The predicted molar refractivity (Wildman–Crippen MR) is 136 cm³/mol. The van der Waals surface area contributed by atoms with E-state index >= 15 is 0 Å². The summed E-state index contributed by atoms with van der Waals surface area (Å²) in [5, 5.41) is 7.26. The molecule has 2 aliphatic rings. The van der Waals surface area contributed by atoms with E-state index < -0.39 is 0 Å². The third-order valence-corrected chi connectivity index (χ3v) is 6.26. The maximum Gasteiger partial charge on any atom is 0.191 e. The molecule has 2 saturated heterocycles. The highest BCUT2D eigenvalue weighted by Gasteiger charge is 2.30. The highest BCUT2D eigenvalue weighted by molar-refractivity contribution is 14.0. The van der Waals surface area contributed by atoms with E-state index in [4.69, 9.17) is 4.74 Å².